The number of non-ortho nitro benzene ring substituents is 1. The number of benzene rings is 1. The maximum Gasteiger partial charge on any atom is 0.270 e. The fraction of sp³-hybridized carbons (Fsp3) is 0.462. The van der Waals surface area contributed by atoms with Gasteiger partial charge in [0.1, 0.15) is 0 Å². The van der Waals surface area contributed by atoms with Gasteiger partial charge < -0.3 is 15.7 Å². The molecule has 108 valence electrons. The van der Waals surface area contributed by atoms with Gasteiger partial charge in [-0.15, -0.1) is 0 Å². The lowest BCUT2D eigenvalue weighted by Gasteiger charge is -2.37. The van der Waals surface area contributed by atoms with Crippen LogP contribution in [0.4, 0.5) is 11.4 Å². The summed E-state index contributed by atoms with van der Waals surface area (Å²) in [6.45, 7) is 2.38. The second-order valence-corrected chi connectivity index (χ2v) is 5.36. The van der Waals surface area contributed by atoms with Gasteiger partial charge in [-0.2, -0.15) is 0 Å². The van der Waals surface area contributed by atoms with Crippen molar-refractivity contribution < 1.29 is 14.8 Å². The van der Waals surface area contributed by atoms with Crippen LogP contribution in [0.3, 0.4) is 0 Å². The van der Waals surface area contributed by atoms with Gasteiger partial charge in [-0.05, 0) is 25.8 Å². The van der Waals surface area contributed by atoms with Gasteiger partial charge in [0, 0.05) is 30.9 Å². The number of nitro benzene ring substituents is 1. The molecule has 1 unspecified atom stereocenters. The number of piperidine rings is 1. The summed E-state index contributed by atoms with van der Waals surface area (Å²) in [4.78, 5) is 24.1. The molecule has 1 saturated heterocycles. The molecular weight excluding hydrogens is 262 g/mol. The van der Waals surface area contributed by atoms with Crippen LogP contribution >= 0.6 is 0 Å². The van der Waals surface area contributed by atoms with Crippen molar-refractivity contribution in [3.05, 3.63) is 33.9 Å². The number of carbonyl (C=O) groups is 1. The Labute approximate surface area is 116 Å². The third kappa shape index (κ3) is 2.88. The highest BCUT2D eigenvalue weighted by molar-refractivity contribution is 5.99. The Balaban J connectivity index is 2.29. The number of likely N-dealkylation sites (tertiary alicyclic amines) is 1. The summed E-state index contributed by atoms with van der Waals surface area (Å²) in [5, 5.41) is 20.8. The number of hydrogen-bond acceptors (Lipinski definition) is 5. The highest BCUT2D eigenvalue weighted by Crippen LogP contribution is 2.25. The predicted molar refractivity (Wildman–Crippen MR) is 73.3 cm³/mol. The molecule has 1 amide bonds. The zero-order valence-corrected chi connectivity index (χ0v) is 11.2. The summed E-state index contributed by atoms with van der Waals surface area (Å²) >= 11 is 0. The Hall–Kier alpha value is -2.15. The first-order chi connectivity index (χ1) is 9.30. The number of aliphatic hydroxyl groups is 1. The molecule has 1 aromatic rings. The Morgan fingerprint density at radius 1 is 1.55 bits per heavy atom. The number of hydrogen-bond donors (Lipinski definition) is 2. The minimum atomic E-state index is -0.927. The first kappa shape index (κ1) is 14.3. The SMILES string of the molecule is CC1(O)CCCN(C(=O)c2cc([N+](=O)[O-])ccc2N)C1. The van der Waals surface area contributed by atoms with Crippen molar-refractivity contribution in [3.63, 3.8) is 0 Å². The first-order valence-electron chi connectivity index (χ1n) is 6.36. The van der Waals surface area contributed by atoms with Crippen LogP contribution in [0, 0.1) is 10.1 Å². The normalized spacial score (nSPS) is 22.6. The smallest absolute Gasteiger partial charge is 0.270 e. The van der Waals surface area contributed by atoms with Crippen LogP contribution in [0.2, 0.25) is 0 Å². The minimum absolute atomic E-state index is 0.108. The third-order valence-electron chi connectivity index (χ3n) is 3.44. The van der Waals surface area contributed by atoms with E-state index in [0.29, 0.717) is 19.4 Å². The quantitative estimate of drug-likeness (QED) is 0.479. The molecule has 0 bridgehead atoms. The number of nitrogen functional groups attached to an aromatic ring is 1. The Morgan fingerprint density at radius 2 is 2.25 bits per heavy atom. The number of nitrogens with two attached hydrogens (primary N) is 1. The molecular formula is C13H17N3O4. The van der Waals surface area contributed by atoms with Crippen LogP contribution < -0.4 is 5.73 Å². The number of rotatable bonds is 2. The molecule has 1 fully saturated rings. The molecule has 7 nitrogen and oxygen atoms in total. The van der Waals surface area contributed by atoms with Gasteiger partial charge in [0.2, 0.25) is 0 Å². The lowest BCUT2D eigenvalue weighted by atomic mass is 9.94. The Bertz CT molecular complexity index is 557. The second kappa shape index (κ2) is 5.09. The predicted octanol–water partition coefficient (Wildman–Crippen LogP) is 1.16. The average molecular weight is 279 g/mol. The molecule has 0 aromatic heterocycles. The van der Waals surface area contributed by atoms with E-state index in [1.165, 1.54) is 23.1 Å². The fourth-order valence-electron chi connectivity index (χ4n) is 2.41. The van der Waals surface area contributed by atoms with Crippen molar-refractivity contribution in [2.24, 2.45) is 0 Å². The summed E-state index contributed by atoms with van der Waals surface area (Å²) in [5.74, 6) is -0.383. The highest BCUT2D eigenvalue weighted by atomic mass is 16.6. The van der Waals surface area contributed by atoms with E-state index in [1.807, 2.05) is 0 Å². The van der Waals surface area contributed by atoms with Crippen molar-refractivity contribution >= 4 is 17.3 Å². The molecule has 1 atom stereocenters. The Kier molecular flexibility index (Phi) is 3.63. The van der Waals surface area contributed by atoms with E-state index in [9.17, 15) is 20.0 Å². The lowest BCUT2D eigenvalue weighted by Crippen LogP contribution is -2.48. The van der Waals surface area contributed by atoms with E-state index in [4.69, 9.17) is 5.73 Å². The number of β-amino-alcohol motifs (C(OH)–C–C–N with tert-alkyl or cyclic N) is 1. The number of nitro groups is 1. The van der Waals surface area contributed by atoms with E-state index in [2.05, 4.69) is 0 Å². The molecule has 1 aliphatic rings. The first-order valence-corrected chi connectivity index (χ1v) is 6.36. The summed E-state index contributed by atoms with van der Waals surface area (Å²) in [6, 6.07) is 3.80. The minimum Gasteiger partial charge on any atom is -0.398 e. The monoisotopic (exact) mass is 279 g/mol. The van der Waals surface area contributed by atoms with Crippen molar-refractivity contribution in [2.45, 2.75) is 25.4 Å². The van der Waals surface area contributed by atoms with Crippen molar-refractivity contribution in [2.75, 3.05) is 18.8 Å². The molecule has 0 aliphatic carbocycles. The van der Waals surface area contributed by atoms with Crippen molar-refractivity contribution in [3.8, 4) is 0 Å². The van der Waals surface area contributed by atoms with Gasteiger partial charge in [0.25, 0.3) is 11.6 Å². The number of anilines is 1. The van der Waals surface area contributed by atoms with Gasteiger partial charge in [0.15, 0.2) is 0 Å². The number of amides is 1. The molecule has 1 aromatic carbocycles. The molecule has 1 heterocycles. The molecule has 3 N–H and O–H groups in total. The standard InChI is InChI=1S/C13H17N3O4/c1-13(18)5-2-6-15(8-13)12(17)10-7-9(16(19)20)3-4-11(10)14/h3-4,7,18H,2,5-6,8,14H2,1H3. The van der Waals surface area contributed by atoms with Crippen LogP contribution in [0.1, 0.15) is 30.1 Å². The van der Waals surface area contributed by atoms with Crippen molar-refractivity contribution in [1.29, 1.82) is 0 Å². The Morgan fingerprint density at radius 3 is 2.85 bits per heavy atom. The lowest BCUT2D eigenvalue weighted by molar-refractivity contribution is -0.384. The molecule has 0 saturated carbocycles. The maximum atomic E-state index is 12.4. The molecule has 0 radical (unpaired) electrons. The molecule has 20 heavy (non-hydrogen) atoms. The largest absolute Gasteiger partial charge is 0.398 e. The molecule has 2 rings (SSSR count). The molecule has 0 spiro atoms. The number of nitrogens with zero attached hydrogens (tertiary/aromatic N) is 2. The van der Waals surface area contributed by atoms with E-state index in [-0.39, 0.29) is 29.4 Å². The maximum absolute atomic E-state index is 12.4. The highest BCUT2D eigenvalue weighted by Gasteiger charge is 2.32. The van der Waals surface area contributed by atoms with E-state index < -0.39 is 10.5 Å². The van der Waals surface area contributed by atoms with E-state index in [1.54, 1.807) is 6.92 Å². The third-order valence-corrected chi connectivity index (χ3v) is 3.44. The van der Waals surface area contributed by atoms with Gasteiger partial charge in [-0.25, -0.2) is 0 Å². The molecule has 7 heteroatoms. The summed E-state index contributed by atoms with van der Waals surface area (Å²) < 4.78 is 0. The fourth-order valence-corrected chi connectivity index (χ4v) is 2.41. The van der Waals surface area contributed by atoms with Crippen LogP contribution in [0.25, 0.3) is 0 Å². The van der Waals surface area contributed by atoms with Crippen LogP contribution in [0.15, 0.2) is 18.2 Å². The topological polar surface area (TPSA) is 110 Å². The van der Waals surface area contributed by atoms with Gasteiger partial charge in [-0.1, -0.05) is 0 Å². The van der Waals surface area contributed by atoms with Gasteiger partial charge in [-0.3, -0.25) is 14.9 Å². The van der Waals surface area contributed by atoms with Crippen molar-refractivity contribution in [1.82, 2.24) is 4.90 Å². The van der Waals surface area contributed by atoms with E-state index in [0.717, 1.165) is 0 Å². The van der Waals surface area contributed by atoms with Crippen LogP contribution in [0.5, 0.6) is 0 Å². The summed E-state index contributed by atoms with van der Waals surface area (Å²) in [6.07, 6.45) is 1.31. The van der Waals surface area contributed by atoms with Gasteiger partial charge in [0.05, 0.1) is 16.1 Å². The second-order valence-electron chi connectivity index (χ2n) is 5.36. The number of carbonyl (C=O) groups excluding carboxylic acids is 1. The van der Waals surface area contributed by atoms with E-state index >= 15 is 0 Å². The zero-order chi connectivity index (χ0) is 14.9. The summed E-state index contributed by atoms with van der Waals surface area (Å²) in [7, 11) is 0. The van der Waals surface area contributed by atoms with Gasteiger partial charge >= 0.3 is 0 Å². The average Bonchev–Trinajstić information content (AvgIpc) is 2.37. The zero-order valence-electron chi connectivity index (χ0n) is 11.2. The molecule has 1 aliphatic heterocycles. The van der Waals surface area contributed by atoms with Crippen LogP contribution in [-0.2, 0) is 0 Å². The summed E-state index contributed by atoms with van der Waals surface area (Å²) in [5.41, 5.74) is 4.94. The van der Waals surface area contributed by atoms with Crippen LogP contribution in [-0.4, -0.2) is 39.5 Å².